The van der Waals surface area contributed by atoms with Crippen molar-refractivity contribution >= 4 is 35.0 Å². The normalized spacial score (nSPS) is 16.3. The zero-order valence-corrected chi connectivity index (χ0v) is 15.9. The van der Waals surface area contributed by atoms with Crippen LogP contribution < -0.4 is 10.2 Å². The molecule has 0 saturated carbocycles. The first-order valence-electron chi connectivity index (χ1n) is 8.85. The van der Waals surface area contributed by atoms with Crippen LogP contribution in [0.25, 0.3) is 0 Å². The van der Waals surface area contributed by atoms with Crippen molar-refractivity contribution in [3.8, 4) is 0 Å². The van der Waals surface area contributed by atoms with Crippen LogP contribution in [0.15, 0.2) is 70.2 Å². The SMILES string of the molecule is O=C(CN1C(=O)C[C@@H](c2ccco2)Sc2ccccc21)Nc1ccc(F)cc1F. The Morgan fingerprint density at radius 2 is 2.00 bits per heavy atom. The lowest BCUT2D eigenvalue weighted by molar-refractivity contribution is -0.121. The number of thioether (sulfide) groups is 1. The highest BCUT2D eigenvalue weighted by molar-refractivity contribution is 7.99. The molecule has 29 heavy (non-hydrogen) atoms. The van der Waals surface area contributed by atoms with Gasteiger partial charge in [-0.05, 0) is 36.4 Å². The van der Waals surface area contributed by atoms with Gasteiger partial charge in [0.25, 0.3) is 0 Å². The Morgan fingerprint density at radius 3 is 2.76 bits per heavy atom. The van der Waals surface area contributed by atoms with E-state index < -0.39 is 17.5 Å². The predicted molar refractivity (Wildman–Crippen MR) is 106 cm³/mol. The van der Waals surface area contributed by atoms with Crippen LogP contribution >= 0.6 is 11.8 Å². The lowest BCUT2D eigenvalue weighted by Gasteiger charge is -2.22. The highest BCUT2D eigenvalue weighted by Crippen LogP contribution is 2.45. The zero-order chi connectivity index (χ0) is 20.4. The van der Waals surface area contributed by atoms with E-state index in [2.05, 4.69) is 5.32 Å². The number of para-hydroxylation sites is 1. The maximum Gasteiger partial charge on any atom is 0.244 e. The van der Waals surface area contributed by atoms with Gasteiger partial charge in [-0.3, -0.25) is 9.59 Å². The summed E-state index contributed by atoms with van der Waals surface area (Å²) in [7, 11) is 0. The summed E-state index contributed by atoms with van der Waals surface area (Å²) in [6, 6.07) is 13.7. The molecule has 0 spiro atoms. The molecule has 1 N–H and O–H groups in total. The molecular formula is C21H16F2N2O3S. The number of hydrogen-bond donors (Lipinski definition) is 1. The molecule has 0 radical (unpaired) electrons. The summed E-state index contributed by atoms with van der Waals surface area (Å²) in [4.78, 5) is 27.7. The average molecular weight is 414 g/mol. The Bertz CT molecular complexity index is 1060. The first kappa shape index (κ1) is 19.2. The third kappa shape index (κ3) is 4.17. The van der Waals surface area contributed by atoms with E-state index in [1.807, 2.05) is 18.2 Å². The van der Waals surface area contributed by atoms with Crippen molar-refractivity contribution in [2.45, 2.75) is 16.6 Å². The standard InChI is InChI=1S/C21H16F2N2O3S/c22-13-7-8-15(14(23)10-13)24-20(26)12-25-16-4-1-2-6-18(16)29-19(11-21(25)27)17-5-3-9-28-17/h1-10,19H,11-12H2,(H,24,26)/t19-/m0/s1. The number of nitrogens with zero attached hydrogens (tertiary/aromatic N) is 1. The van der Waals surface area contributed by atoms with Gasteiger partial charge in [0.05, 0.1) is 22.9 Å². The van der Waals surface area contributed by atoms with E-state index in [0.29, 0.717) is 17.5 Å². The molecule has 2 amide bonds. The summed E-state index contributed by atoms with van der Waals surface area (Å²) in [5, 5.41) is 2.17. The number of amides is 2. The number of anilines is 2. The highest BCUT2D eigenvalue weighted by Gasteiger charge is 2.31. The number of furan rings is 1. The molecule has 8 heteroatoms. The number of benzene rings is 2. The predicted octanol–water partition coefficient (Wildman–Crippen LogP) is 4.77. The van der Waals surface area contributed by atoms with E-state index in [4.69, 9.17) is 4.42 Å². The zero-order valence-electron chi connectivity index (χ0n) is 15.1. The molecule has 2 aromatic carbocycles. The summed E-state index contributed by atoms with van der Waals surface area (Å²) >= 11 is 1.49. The van der Waals surface area contributed by atoms with Gasteiger partial charge in [-0.2, -0.15) is 0 Å². The first-order valence-corrected chi connectivity index (χ1v) is 9.73. The van der Waals surface area contributed by atoms with Crippen LogP contribution in [-0.4, -0.2) is 18.4 Å². The molecule has 1 aliphatic rings. The van der Waals surface area contributed by atoms with Gasteiger partial charge in [0.1, 0.15) is 23.9 Å². The largest absolute Gasteiger partial charge is 0.468 e. The number of carbonyl (C=O) groups excluding carboxylic acids is 2. The second-order valence-corrected chi connectivity index (χ2v) is 7.69. The van der Waals surface area contributed by atoms with Crippen LogP contribution in [0.4, 0.5) is 20.2 Å². The number of fused-ring (bicyclic) bond motifs is 1. The molecule has 0 saturated heterocycles. The minimum Gasteiger partial charge on any atom is -0.468 e. The van der Waals surface area contributed by atoms with Crippen LogP contribution in [0.5, 0.6) is 0 Å². The average Bonchev–Trinajstić information content (AvgIpc) is 3.19. The highest BCUT2D eigenvalue weighted by atomic mass is 32.2. The summed E-state index contributed by atoms with van der Waals surface area (Å²) in [6.07, 6.45) is 1.70. The summed E-state index contributed by atoms with van der Waals surface area (Å²) in [6.45, 7) is -0.294. The van der Waals surface area contributed by atoms with Gasteiger partial charge in [-0.1, -0.05) is 12.1 Å². The molecule has 4 rings (SSSR count). The molecule has 1 atom stereocenters. The van der Waals surface area contributed by atoms with Crippen molar-refractivity contribution in [3.63, 3.8) is 0 Å². The number of carbonyl (C=O) groups is 2. The van der Waals surface area contributed by atoms with Gasteiger partial charge < -0.3 is 14.6 Å². The first-order chi connectivity index (χ1) is 14.0. The fourth-order valence-electron chi connectivity index (χ4n) is 3.11. The second kappa shape index (κ2) is 8.08. The molecule has 148 valence electrons. The Hall–Kier alpha value is -3.13. The lowest BCUT2D eigenvalue weighted by Crippen LogP contribution is -2.38. The van der Waals surface area contributed by atoms with Crippen molar-refractivity contribution < 1.29 is 22.8 Å². The smallest absolute Gasteiger partial charge is 0.244 e. The molecule has 2 heterocycles. The van der Waals surface area contributed by atoms with E-state index in [1.54, 1.807) is 24.5 Å². The van der Waals surface area contributed by atoms with E-state index in [-0.39, 0.29) is 29.8 Å². The molecule has 3 aromatic rings. The van der Waals surface area contributed by atoms with E-state index >= 15 is 0 Å². The fourth-order valence-corrected chi connectivity index (χ4v) is 4.35. The van der Waals surface area contributed by atoms with Crippen molar-refractivity contribution in [1.29, 1.82) is 0 Å². The number of rotatable bonds is 4. The van der Waals surface area contributed by atoms with Crippen molar-refractivity contribution in [2.24, 2.45) is 0 Å². The van der Waals surface area contributed by atoms with Crippen LogP contribution in [0.3, 0.4) is 0 Å². The van der Waals surface area contributed by atoms with Crippen LogP contribution in [0, 0.1) is 11.6 Å². The fraction of sp³-hybridized carbons (Fsp3) is 0.143. The van der Waals surface area contributed by atoms with Gasteiger partial charge in [0, 0.05) is 17.4 Å². The Balaban J connectivity index is 1.58. The van der Waals surface area contributed by atoms with Gasteiger partial charge >= 0.3 is 0 Å². The number of halogens is 2. The van der Waals surface area contributed by atoms with E-state index in [1.165, 1.54) is 16.7 Å². The summed E-state index contributed by atoms with van der Waals surface area (Å²) in [5.41, 5.74) is 0.459. The topological polar surface area (TPSA) is 62.6 Å². The number of hydrogen-bond acceptors (Lipinski definition) is 4. The van der Waals surface area contributed by atoms with Gasteiger partial charge in [-0.15, -0.1) is 11.8 Å². The number of nitrogens with one attached hydrogen (secondary N) is 1. The van der Waals surface area contributed by atoms with Crippen LogP contribution in [0.2, 0.25) is 0 Å². The van der Waals surface area contributed by atoms with Crippen LogP contribution in [0.1, 0.15) is 17.4 Å². The van der Waals surface area contributed by atoms with Crippen molar-refractivity contribution in [1.82, 2.24) is 0 Å². The molecule has 5 nitrogen and oxygen atoms in total. The van der Waals surface area contributed by atoms with E-state index in [0.717, 1.165) is 17.0 Å². The summed E-state index contributed by atoms with van der Waals surface area (Å²) < 4.78 is 32.4. The maximum atomic E-state index is 13.8. The van der Waals surface area contributed by atoms with Gasteiger partial charge in [0.2, 0.25) is 11.8 Å². The minimum absolute atomic E-state index is 0.144. The Labute approximate surface area is 169 Å². The monoisotopic (exact) mass is 414 g/mol. The van der Waals surface area contributed by atoms with Crippen molar-refractivity contribution in [3.05, 3.63) is 78.3 Å². The lowest BCUT2D eigenvalue weighted by atomic mass is 10.2. The van der Waals surface area contributed by atoms with Gasteiger partial charge in [-0.25, -0.2) is 8.78 Å². The molecule has 0 unspecified atom stereocenters. The molecule has 1 aromatic heterocycles. The van der Waals surface area contributed by atoms with Crippen molar-refractivity contribution in [2.75, 3.05) is 16.8 Å². The second-order valence-electron chi connectivity index (χ2n) is 6.45. The third-order valence-corrected chi connectivity index (χ3v) is 5.74. The molecule has 0 aliphatic carbocycles. The quantitative estimate of drug-likeness (QED) is 0.668. The summed E-state index contributed by atoms with van der Waals surface area (Å²) in [5.74, 6) is -1.77. The van der Waals surface area contributed by atoms with Crippen LogP contribution in [-0.2, 0) is 9.59 Å². The van der Waals surface area contributed by atoms with Gasteiger partial charge in [0.15, 0.2) is 0 Å². The maximum absolute atomic E-state index is 13.8. The molecule has 0 fully saturated rings. The Kier molecular flexibility index (Phi) is 5.35. The molecular weight excluding hydrogens is 398 g/mol. The molecule has 0 bridgehead atoms. The van der Waals surface area contributed by atoms with E-state index in [9.17, 15) is 18.4 Å². The Morgan fingerprint density at radius 1 is 1.17 bits per heavy atom. The third-order valence-electron chi connectivity index (χ3n) is 4.45. The minimum atomic E-state index is -0.880. The molecule has 1 aliphatic heterocycles.